The Morgan fingerprint density at radius 1 is 0.357 bits per heavy atom. The summed E-state index contributed by atoms with van der Waals surface area (Å²) in [5, 5.41) is 0. The summed E-state index contributed by atoms with van der Waals surface area (Å²) in [6.07, 6.45) is 0. The fourth-order valence-corrected chi connectivity index (χ4v) is 0. The van der Waals surface area contributed by atoms with Gasteiger partial charge in [-0.3, -0.25) is 0 Å². The van der Waals surface area contributed by atoms with Crippen LogP contribution in [0.1, 0.15) is 0 Å². The van der Waals surface area contributed by atoms with E-state index in [0.717, 1.165) is 13.1 Å². The van der Waals surface area contributed by atoms with E-state index < -0.39 is 33.6 Å². The molecule has 0 rings (SSSR count). The molecule has 0 aromatic heterocycles. The van der Waals surface area contributed by atoms with Gasteiger partial charge in [-0.2, -0.15) is 0 Å². The molecule has 0 aliphatic heterocycles. The van der Waals surface area contributed by atoms with Gasteiger partial charge >= 0.3 is 66.9 Å². The standard InChI is InChI=1S/2ClH.Cu.5H3O3PS/c;;;5*1-4(2,3)5/h2*1H;;5*(H3,1,2,3,5)/q;;+2;;;;;/p-2. The van der Waals surface area contributed by atoms with Crippen molar-refractivity contribution in [3.05, 3.63) is 0 Å². The first kappa shape index (κ1) is 45.3. The van der Waals surface area contributed by atoms with E-state index in [1.807, 2.05) is 0 Å². The maximum absolute atomic E-state index is 7.56. The third kappa shape index (κ3) is 1750. The number of halogens is 2. The van der Waals surface area contributed by atoms with Crippen LogP contribution in [0.4, 0.5) is 0 Å². The van der Waals surface area contributed by atoms with Crippen LogP contribution in [-0.4, -0.2) is 73.4 Å². The van der Waals surface area contributed by atoms with Crippen LogP contribution in [-0.2, 0) is 72.2 Å². The van der Waals surface area contributed by atoms with Gasteiger partial charge in [0.25, 0.3) is 0 Å². The Kier molecular flexibility index (Phi) is 36.4. The molecule has 0 radical (unpaired) electrons. The molecule has 0 unspecified atom stereocenters. The Morgan fingerprint density at radius 3 is 0.357 bits per heavy atom. The van der Waals surface area contributed by atoms with E-state index in [4.69, 9.17) is 73.4 Å². The van der Waals surface area contributed by atoms with Crippen molar-refractivity contribution in [1.29, 1.82) is 0 Å². The summed E-state index contributed by atoms with van der Waals surface area (Å²) in [5.74, 6) is 0. The van der Waals surface area contributed by atoms with E-state index in [0.29, 0.717) is 0 Å². The molecule has 0 bridgehead atoms. The van der Waals surface area contributed by atoms with E-state index in [1.54, 1.807) is 0 Å². The third-order valence-electron chi connectivity index (χ3n) is 0. The molecular weight excluding hydrogens is 690 g/mol. The van der Waals surface area contributed by atoms with Crippen LogP contribution in [0.5, 0.6) is 0 Å². The molecule has 0 aromatic carbocycles. The summed E-state index contributed by atoms with van der Waals surface area (Å²) in [7, 11) is 9.34. The SMILES string of the molecule is OP(O)(O)=S.OP(O)(O)=S.OP(O)(O)=S.OP(O)(O)=S.OP(O)(O)=S.[Cl][Cu][Cl]. The quantitative estimate of drug-likeness (QED) is 0.0902. The van der Waals surface area contributed by atoms with Crippen LogP contribution in [0.3, 0.4) is 0 Å². The molecule has 0 saturated heterocycles. The van der Waals surface area contributed by atoms with Crippen molar-refractivity contribution in [2.75, 3.05) is 0 Å². The van der Waals surface area contributed by atoms with Crippen molar-refractivity contribution >= 4 is 113 Å². The molecule has 0 fully saturated rings. The van der Waals surface area contributed by atoms with Gasteiger partial charge in [0, 0.05) is 0 Å². The monoisotopic (exact) mass is 703 g/mol. The molecule has 185 valence electrons. The van der Waals surface area contributed by atoms with Gasteiger partial charge in [-0.1, -0.05) is 0 Å². The zero-order valence-electron chi connectivity index (χ0n) is 12.0. The Hall–Kier alpha value is 3.75. The minimum absolute atomic E-state index is 0.757. The fourth-order valence-electron chi connectivity index (χ4n) is 0. The molecule has 0 aliphatic carbocycles. The molecule has 15 nitrogen and oxygen atoms in total. The Bertz CT molecular complexity index is 412. The van der Waals surface area contributed by atoms with E-state index >= 15 is 0 Å². The van der Waals surface area contributed by atoms with Gasteiger partial charge < -0.3 is 73.4 Å². The number of hydrogen-bond acceptors (Lipinski definition) is 5. The van der Waals surface area contributed by atoms with Crippen LogP contribution in [0, 0.1) is 0 Å². The summed E-state index contributed by atoms with van der Waals surface area (Å²) in [6, 6.07) is 0. The molecule has 0 atom stereocenters. The van der Waals surface area contributed by atoms with Crippen LogP contribution < -0.4 is 0 Å². The predicted molar refractivity (Wildman–Crippen MR) is 116 cm³/mol. The third-order valence-corrected chi connectivity index (χ3v) is 0. The van der Waals surface area contributed by atoms with E-state index in [1.165, 1.54) is 0 Å². The summed E-state index contributed by atoms with van der Waals surface area (Å²) in [6.45, 7) is -19.0. The van der Waals surface area contributed by atoms with Gasteiger partial charge in [-0.05, 0) is 59.0 Å². The van der Waals surface area contributed by atoms with Gasteiger partial charge in [0.05, 0.1) is 0 Å². The van der Waals surface area contributed by atoms with E-state index in [9.17, 15) is 0 Å². The second kappa shape index (κ2) is 22.5. The fraction of sp³-hybridized carbons (Fsp3) is 0. The average Bonchev–Trinajstić information content (AvgIpc) is 2.00. The molecular formula is H15Cl2CuO15P5S5. The molecule has 0 aromatic rings. The molecule has 0 amide bonds. The Balaban J connectivity index is -0.0000000522. The van der Waals surface area contributed by atoms with Crippen molar-refractivity contribution in [1.82, 2.24) is 0 Å². The summed E-state index contributed by atoms with van der Waals surface area (Å²) < 4.78 is 0. The molecule has 0 saturated carbocycles. The predicted octanol–water partition coefficient (Wildman–Crippen LogP) is -2.68. The normalized spacial score (nSPS) is 11.3. The number of hydrogen-bond donors (Lipinski definition) is 15. The average molecular weight is 705 g/mol. The van der Waals surface area contributed by atoms with E-state index in [2.05, 4.69) is 79.2 Å². The van der Waals surface area contributed by atoms with Crippen molar-refractivity contribution < 1.29 is 86.5 Å². The Morgan fingerprint density at radius 2 is 0.357 bits per heavy atom. The van der Waals surface area contributed by atoms with E-state index in [-0.39, 0.29) is 0 Å². The number of rotatable bonds is 0. The van der Waals surface area contributed by atoms with Crippen molar-refractivity contribution in [3.63, 3.8) is 0 Å². The Labute approximate surface area is 198 Å². The molecule has 15 N–H and O–H groups in total. The van der Waals surface area contributed by atoms with Gasteiger partial charge in [-0.15, -0.1) is 0 Å². The summed E-state index contributed by atoms with van der Waals surface area (Å²) in [5.41, 5.74) is 0. The first-order chi connectivity index (χ1) is 11.4. The van der Waals surface area contributed by atoms with Crippen molar-refractivity contribution in [3.8, 4) is 0 Å². The second-order valence-electron chi connectivity index (χ2n) is 2.61. The zero-order chi connectivity index (χ0) is 25.2. The van der Waals surface area contributed by atoms with Crippen LogP contribution in [0.25, 0.3) is 0 Å². The molecule has 0 aliphatic rings. The first-order valence-electron chi connectivity index (χ1n) is 4.14. The summed E-state index contributed by atoms with van der Waals surface area (Å²) >= 11 is 18.8. The summed E-state index contributed by atoms with van der Waals surface area (Å²) in [4.78, 5) is 113. The minimum atomic E-state index is -3.81. The van der Waals surface area contributed by atoms with Crippen LogP contribution >= 0.6 is 53.8 Å². The molecule has 0 spiro atoms. The molecule has 0 heterocycles. The maximum atomic E-state index is 7.56. The van der Waals surface area contributed by atoms with Crippen molar-refractivity contribution in [2.45, 2.75) is 0 Å². The molecule has 28 heteroatoms. The van der Waals surface area contributed by atoms with Gasteiger partial charge in [0.1, 0.15) is 0 Å². The van der Waals surface area contributed by atoms with Crippen LogP contribution in [0.2, 0.25) is 0 Å². The first-order valence-corrected chi connectivity index (χ1v) is 20.0. The van der Waals surface area contributed by atoms with Gasteiger partial charge in [0.2, 0.25) is 0 Å². The van der Waals surface area contributed by atoms with Crippen molar-refractivity contribution in [2.24, 2.45) is 0 Å². The molecule has 28 heavy (non-hydrogen) atoms. The van der Waals surface area contributed by atoms with Gasteiger partial charge in [-0.25, -0.2) is 0 Å². The van der Waals surface area contributed by atoms with Crippen LogP contribution in [0.15, 0.2) is 0 Å². The second-order valence-corrected chi connectivity index (χ2v) is 16.6. The zero-order valence-corrected chi connectivity index (χ0v) is 23.1. The topological polar surface area (TPSA) is 303 Å². The van der Waals surface area contributed by atoms with Gasteiger partial charge in [0.15, 0.2) is 0 Å².